The molecule has 1 aromatic heterocycles. The predicted octanol–water partition coefficient (Wildman–Crippen LogP) is 3.23. The molecule has 0 saturated heterocycles. The molecule has 0 aliphatic carbocycles. The average Bonchev–Trinajstić information content (AvgIpc) is 2.52. The Labute approximate surface area is 142 Å². The minimum atomic E-state index is -0.201. The highest BCUT2D eigenvalue weighted by atomic mass is 16.5. The highest BCUT2D eigenvalue weighted by Crippen LogP contribution is 2.27. The van der Waals surface area contributed by atoms with Gasteiger partial charge in [-0.2, -0.15) is 0 Å². The van der Waals surface area contributed by atoms with Gasteiger partial charge in [-0.15, -0.1) is 0 Å². The van der Waals surface area contributed by atoms with Crippen LogP contribution in [0.1, 0.15) is 35.6 Å². The molecule has 0 atom stereocenters. The van der Waals surface area contributed by atoms with E-state index in [0.717, 1.165) is 11.3 Å². The maximum atomic E-state index is 12.2. The van der Waals surface area contributed by atoms with E-state index in [2.05, 4.69) is 20.6 Å². The molecule has 128 valence electrons. The molecule has 0 aliphatic rings. The van der Waals surface area contributed by atoms with Gasteiger partial charge in [0, 0.05) is 12.2 Å². The van der Waals surface area contributed by atoms with Crippen molar-refractivity contribution in [2.24, 2.45) is 5.92 Å². The van der Waals surface area contributed by atoms with Crippen LogP contribution in [0.4, 0.5) is 11.6 Å². The predicted molar refractivity (Wildman–Crippen MR) is 95.0 cm³/mol. The van der Waals surface area contributed by atoms with Gasteiger partial charge in [0.15, 0.2) is 0 Å². The first kappa shape index (κ1) is 17.7. The fourth-order valence-corrected chi connectivity index (χ4v) is 2.17. The molecule has 0 fully saturated rings. The summed E-state index contributed by atoms with van der Waals surface area (Å²) in [7, 11) is 1.61. The summed E-state index contributed by atoms with van der Waals surface area (Å²) in [6.07, 6.45) is 0. The van der Waals surface area contributed by atoms with Crippen LogP contribution >= 0.6 is 0 Å². The van der Waals surface area contributed by atoms with Crippen molar-refractivity contribution in [3.8, 4) is 5.75 Å². The van der Waals surface area contributed by atoms with E-state index in [9.17, 15) is 4.79 Å². The Morgan fingerprint density at radius 2 is 1.96 bits per heavy atom. The summed E-state index contributed by atoms with van der Waals surface area (Å²) >= 11 is 0. The number of hydrogen-bond donors (Lipinski definition) is 2. The topological polar surface area (TPSA) is 76.1 Å². The smallest absolute Gasteiger partial charge is 0.270 e. The number of amides is 1. The van der Waals surface area contributed by atoms with E-state index in [4.69, 9.17) is 4.74 Å². The summed E-state index contributed by atoms with van der Waals surface area (Å²) in [6.45, 7) is 8.52. The van der Waals surface area contributed by atoms with Crippen LogP contribution in [-0.2, 0) is 0 Å². The van der Waals surface area contributed by atoms with Crippen molar-refractivity contribution in [1.82, 2.24) is 15.3 Å². The van der Waals surface area contributed by atoms with Crippen LogP contribution in [-0.4, -0.2) is 29.5 Å². The molecule has 6 heteroatoms. The number of methoxy groups -OCH3 is 1. The third-order valence-corrected chi connectivity index (χ3v) is 3.36. The van der Waals surface area contributed by atoms with Gasteiger partial charge in [0.1, 0.15) is 11.4 Å². The number of rotatable bonds is 6. The normalized spacial score (nSPS) is 10.6. The monoisotopic (exact) mass is 328 g/mol. The molecule has 24 heavy (non-hydrogen) atoms. The Morgan fingerprint density at radius 3 is 2.62 bits per heavy atom. The first-order valence-corrected chi connectivity index (χ1v) is 7.94. The second-order valence-corrected chi connectivity index (χ2v) is 6.15. The molecule has 1 heterocycles. The lowest BCUT2D eigenvalue weighted by atomic mass is 10.2. The van der Waals surface area contributed by atoms with E-state index >= 15 is 0 Å². The van der Waals surface area contributed by atoms with E-state index in [0.29, 0.717) is 35.5 Å². The van der Waals surface area contributed by atoms with Crippen molar-refractivity contribution in [1.29, 1.82) is 0 Å². The zero-order valence-corrected chi connectivity index (χ0v) is 14.8. The van der Waals surface area contributed by atoms with Crippen molar-refractivity contribution in [2.75, 3.05) is 19.0 Å². The minimum absolute atomic E-state index is 0.201. The van der Waals surface area contributed by atoms with E-state index in [1.165, 1.54) is 0 Å². The Morgan fingerprint density at radius 1 is 1.21 bits per heavy atom. The largest absolute Gasteiger partial charge is 0.495 e. The third-order valence-electron chi connectivity index (χ3n) is 3.36. The molecule has 1 aromatic carbocycles. The summed E-state index contributed by atoms with van der Waals surface area (Å²) < 4.78 is 5.35. The lowest BCUT2D eigenvalue weighted by molar-refractivity contribution is 0.0944. The molecule has 0 spiro atoms. The van der Waals surface area contributed by atoms with Gasteiger partial charge in [-0.25, -0.2) is 9.97 Å². The molecule has 0 unspecified atom stereocenters. The Hall–Kier alpha value is -2.63. The van der Waals surface area contributed by atoms with Crippen LogP contribution in [0.15, 0.2) is 24.3 Å². The molecule has 0 radical (unpaired) electrons. The number of carbonyl (C=O) groups is 1. The molecule has 2 aromatic rings. The Bertz CT molecular complexity index is 729. The number of ether oxygens (including phenoxy) is 1. The minimum Gasteiger partial charge on any atom is -0.495 e. The SMILES string of the molecule is COc1ccc(C)cc1Nc1nc(C)cc(C(=O)NCC(C)C)n1. The molecule has 0 bridgehead atoms. The molecule has 1 amide bonds. The third kappa shape index (κ3) is 4.68. The maximum absolute atomic E-state index is 12.2. The Kier molecular flexibility index (Phi) is 5.73. The van der Waals surface area contributed by atoms with Crippen LogP contribution in [0.2, 0.25) is 0 Å². The summed E-state index contributed by atoms with van der Waals surface area (Å²) in [5.74, 6) is 1.24. The second kappa shape index (κ2) is 7.77. The lowest BCUT2D eigenvalue weighted by Gasteiger charge is -2.12. The fourth-order valence-electron chi connectivity index (χ4n) is 2.17. The van der Waals surface area contributed by atoms with E-state index in [1.54, 1.807) is 13.2 Å². The van der Waals surface area contributed by atoms with Gasteiger partial charge in [-0.05, 0) is 43.5 Å². The highest BCUT2D eigenvalue weighted by Gasteiger charge is 2.12. The number of nitrogens with zero attached hydrogens (tertiary/aromatic N) is 2. The van der Waals surface area contributed by atoms with Crippen molar-refractivity contribution in [2.45, 2.75) is 27.7 Å². The molecular formula is C18H24N4O2. The molecule has 2 N–H and O–H groups in total. The molecule has 0 saturated carbocycles. The number of anilines is 2. The van der Waals surface area contributed by atoms with Crippen molar-refractivity contribution in [3.05, 3.63) is 41.2 Å². The molecular weight excluding hydrogens is 304 g/mol. The average molecular weight is 328 g/mol. The van der Waals surface area contributed by atoms with E-state index < -0.39 is 0 Å². The summed E-state index contributed by atoms with van der Waals surface area (Å²) in [5.41, 5.74) is 2.91. The Balaban J connectivity index is 2.25. The first-order valence-electron chi connectivity index (χ1n) is 7.94. The van der Waals surface area contributed by atoms with Crippen LogP contribution in [0.25, 0.3) is 0 Å². The number of hydrogen-bond acceptors (Lipinski definition) is 5. The van der Waals surface area contributed by atoms with Crippen molar-refractivity contribution < 1.29 is 9.53 Å². The van der Waals surface area contributed by atoms with Gasteiger partial charge in [-0.3, -0.25) is 4.79 Å². The fraction of sp³-hybridized carbons (Fsp3) is 0.389. The lowest BCUT2D eigenvalue weighted by Crippen LogP contribution is -2.28. The number of carbonyl (C=O) groups excluding carboxylic acids is 1. The molecule has 6 nitrogen and oxygen atoms in total. The van der Waals surface area contributed by atoms with Gasteiger partial charge in [-0.1, -0.05) is 19.9 Å². The number of aromatic nitrogens is 2. The number of nitrogens with one attached hydrogen (secondary N) is 2. The van der Waals surface area contributed by atoms with Crippen LogP contribution in [0.3, 0.4) is 0 Å². The second-order valence-electron chi connectivity index (χ2n) is 6.15. The van der Waals surface area contributed by atoms with Crippen LogP contribution in [0.5, 0.6) is 5.75 Å². The maximum Gasteiger partial charge on any atom is 0.270 e. The van der Waals surface area contributed by atoms with E-state index in [-0.39, 0.29) is 5.91 Å². The van der Waals surface area contributed by atoms with E-state index in [1.807, 2.05) is 45.9 Å². The van der Waals surface area contributed by atoms with Gasteiger partial charge in [0.05, 0.1) is 12.8 Å². The standard InChI is InChI=1S/C18H24N4O2/c1-11(2)10-19-17(23)15-9-13(4)20-18(22-15)21-14-8-12(3)6-7-16(14)24-5/h6-9,11H,10H2,1-5H3,(H,19,23)(H,20,21,22). The summed E-state index contributed by atoms with van der Waals surface area (Å²) in [6, 6.07) is 7.47. The first-order chi connectivity index (χ1) is 11.4. The summed E-state index contributed by atoms with van der Waals surface area (Å²) in [4.78, 5) is 20.9. The zero-order chi connectivity index (χ0) is 17.7. The van der Waals surface area contributed by atoms with Gasteiger partial charge < -0.3 is 15.4 Å². The van der Waals surface area contributed by atoms with Gasteiger partial charge in [0.25, 0.3) is 5.91 Å². The molecule has 0 aliphatic heterocycles. The zero-order valence-electron chi connectivity index (χ0n) is 14.8. The van der Waals surface area contributed by atoms with Gasteiger partial charge in [0.2, 0.25) is 5.95 Å². The number of aryl methyl sites for hydroxylation is 2. The van der Waals surface area contributed by atoms with Crippen LogP contribution in [0, 0.1) is 19.8 Å². The molecule has 2 rings (SSSR count). The van der Waals surface area contributed by atoms with Gasteiger partial charge >= 0.3 is 0 Å². The number of benzene rings is 1. The van der Waals surface area contributed by atoms with Crippen LogP contribution < -0.4 is 15.4 Å². The highest BCUT2D eigenvalue weighted by molar-refractivity contribution is 5.92. The van der Waals surface area contributed by atoms with Crippen molar-refractivity contribution in [3.63, 3.8) is 0 Å². The van der Waals surface area contributed by atoms with Crippen molar-refractivity contribution >= 4 is 17.5 Å². The summed E-state index contributed by atoms with van der Waals surface area (Å²) in [5, 5.41) is 6.00. The quantitative estimate of drug-likeness (QED) is 0.851.